The highest BCUT2D eigenvalue weighted by Gasteiger charge is 2.33. The lowest BCUT2D eigenvalue weighted by atomic mass is 10.4. The van der Waals surface area contributed by atoms with Crippen LogP contribution in [0.25, 0.3) is 0 Å². The Morgan fingerprint density at radius 1 is 1.75 bits per heavy atom. The molecule has 6 heteroatoms. The highest BCUT2D eigenvalue weighted by atomic mass is 79.9. The van der Waals surface area contributed by atoms with Crippen molar-refractivity contribution >= 4 is 21.6 Å². The van der Waals surface area contributed by atoms with Gasteiger partial charge in [0.2, 0.25) is 0 Å². The third-order valence-corrected chi connectivity index (χ3v) is 3.37. The zero-order valence-electron chi connectivity index (χ0n) is 9.11. The molecule has 0 aromatic carbocycles. The van der Waals surface area contributed by atoms with Gasteiger partial charge in [0.1, 0.15) is 4.47 Å². The summed E-state index contributed by atoms with van der Waals surface area (Å²) in [6.07, 6.45) is 3.51. The monoisotopic (exact) mass is 286 g/mol. The third-order valence-electron chi connectivity index (χ3n) is 2.60. The number of aryl methyl sites for hydroxylation is 1. The first-order valence-corrected chi connectivity index (χ1v) is 6.20. The lowest BCUT2D eigenvalue weighted by Crippen LogP contribution is -2.25. The summed E-state index contributed by atoms with van der Waals surface area (Å²) >= 11 is 3.30. The molecule has 0 aliphatic heterocycles. The largest absolute Gasteiger partial charge is 0.378 e. The van der Waals surface area contributed by atoms with Gasteiger partial charge in [-0.25, -0.2) is 4.68 Å². The van der Waals surface area contributed by atoms with Crippen molar-refractivity contribution in [2.45, 2.75) is 38.4 Å². The highest BCUT2D eigenvalue weighted by molar-refractivity contribution is 9.10. The summed E-state index contributed by atoms with van der Waals surface area (Å²) < 4.78 is 2.00. The minimum absolute atomic E-state index is 0.0962. The van der Waals surface area contributed by atoms with Gasteiger partial charge in [0.15, 0.2) is 0 Å². The van der Waals surface area contributed by atoms with Crippen LogP contribution in [0.5, 0.6) is 0 Å². The van der Waals surface area contributed by atoms with Gasteiger partial charge in [-0.3, -0.25) is 4.79 Å². The van der Waals surface area contributed by atoms with E-state index in [4.69, 9.17) is 5.73 Å². The van der Waals surface area contributed by atoms with Crippen LogP contribution in [0.1, 0.15) is 19.8 Å². The first kappa shape index (κ1) is 11.6. The summed E-state index contributed by atoms with van der Waals surface area (Å²) in [6, 6.07) is 0.476. The zero-order valence-corrected chi connectivity index (χ0v) is 10.7. The average molecular weight is 287 g/mol. The molecule has 1 heterocycles. The molecule has 3 N–H and O–H groups in total. The topological polar surface area (TPSA) is 72.9 Å². The second-order valence-electron chi connectivity index (χ2n) is 4.05. The predicted molar refractivity (Wildman–Crippen MR) is 66.5 cm³/mol. The molecule has 0 spiro atoms. The van der Waals surface area contributed by atoms with Crippen molar-refractivity contribution in [3.8, 4) is 0 Å². The van der Waals surface area contributed by atoms with Crippen LogP contribution in [0.4, 0.5) is 5.69 Å². The fourth-order valence-corrected chi connectivity index (χ4v) is 1.94. The Morgan fingerprint density at radius 3 is 3.00 bits per heavy atom. The van der Waals surface area contributed by atoms with E-state index in [9.17, 15) is 4.79 Å². The van der Waals surface area contributed by atoms with Crippen molar-refractivity contribution in [3.63, 3.8) is 0 Å². The summed E-state index contributed by atoms with van der Waals surface area (Å²) in [4.78, 5) is 11.8. The van der Waals surface area contributed by atoms with E-state index < -0.39 is 0 Å². The molecule has 16 heavy (non-hydrogen) atoms. The number of aromatic nitrogens is 2. The Hall–Kier alpha value is -0.880. The molecule has 0 bridgehead atoms. The molecule has 2 rings (SSSR count). The van der Waals surface area contributed by atoms with E-state index in [0.717, 1.165) is 18.5 Å². The van der Waals surface area contributed by atoms with E-state index in [1.807, 2.05) is 6.92 Å². The van der Waals surface area contributed by atoms with E-state index >= 15 is 0 Å². The van der Waals surface area contributed by atoms with Gasteiger partial charge in [-0.05, 0) is 28.8 Å². The van der Waals surface area contributed by atoms with E-state index in [2.05, 4.69) is 26.3 Å². The number of nitrogens with zero attached hydrogens (tertiary/aromatic N) is 2. The average Bonchev–Trinajstić information content (AvgIpc) is 2.94. The molecule has 2 atom stereocenters. The van der Waals surface area contributed by atoms with Crippen molar-refractivity contribution in [1.82, 2.24) is 9.78 Å². The predicted octanol–water partition coefficient (Wildman–Crippen LogP) is 0.927. The van der Waals surface area contributed by atoms with Crippen molar-refractivity contribution in [2.24, 2.45) is 5.73 Å². The van der Waals surface area contributed by atoms with Gasteiger partial charge < -0.3 is 11.1 Å². The Kier molecular flexibility index (Phi) is 3.30. The molecule has 0 radical (unpaired) electrons. The molecule has 1 saturated carbocycles. The Balaban J connectivity index is 2.21. The summed E-state index contributed by atoms with van der Waals surface area (Å²) in [5, 5.41) is 7.30. The van der Waals surface area contributed by atoms with Crippen LogP contribution >= 0.6 is 15.9 Å². The molecule has 1 aromatic rings. The fraction of sp³-hybridized carbons (Fsp3) is 0.600. The number of nitrogens with one attached hydrogen (secondary N) is 1. The van der Waals surface area contributed by atoms with Gasteiger partial charge in [0.05, 0.1) is 11.9 Å². The first-order valence-electron chi connectivity index (χ1n) is 5.41. The van der Waals surface area contributed by atoms with Crippen LogP contribution in [-0.2, 0) is 6.54 Å². The number of nitrogens with two attached hydrogens (primary N) is 1. The number of rotatable bonds is 4. The van der Waals surface area contributed by atoms with Gasteiger partial charge in [-0.2, -0.15) is 5.10 Å². The van der Waals surface area contributed by atoms with Gasteiger partial charge in [0, 0.05) is 18.6 Å². The number of hydrogen-bond donors (Lipinski definition) is 2. The standard InChI is InChI=1S/C10H15BrN4O/c1-2-3-15-10(16)9(11)8(5-13-15)14-7-4-6(7)12/h5-7,14H,2-4,12H2,1H3. The fourth-order valence-electron chi connectivity index (χ4n) is 1.52. The maximum Gasteiger partial charge on any atom is 0.283 e. The maximum absolute atomic E-state index is 11.8. The number of anilines is 1. The summed E-state index contributed by atoms with van der Waals surface area (Å²) in [7, 11) is 0. The van der Waals surface area contributed by atoms with E-state index in [0.29, 0.717) is 11.0 Å². The van der Waals surface area contributed by atoms with Gasteiger partial charge in [0.25, 0.3) is 5.56 Å². The SMILES string of the molecule is CCCn1ncc(NC2CC2N)c(Br)c1=O. The molecular weight excluding hydrogens is 272 g/mol. The zero-order chi connectivity index (χ0) is 11.7. The van der Waals surface area contributed by atoms with Crippen LogP contribution < -0.4 is 16.6 Å². The molecule has 2 unspecified atom stereocenters. The molecule has 1 fully saturated rings. The van der Waals surface area contributed by atoms with E-state index in [1.165, 1.54) is 4.68 Å². The van der Waals surface area contributed by atoms with Crippen molar-refractivity contribution in [1.29, 1.82) is 0 Å². The molecular formula is C10H15BrN4O. The lowest BCUT2D eigenvalue weighted by Gasteiger charge is -2.09. The molecule has 88 valence electrons. The molecule has 0 saturated heterocycles. The third kappa shape index (κ3) is 2.27. The Bertz CT molecular complexity index is 445. The number of halogens is 1. The van der Waals surface area contributed by atoms with Gasteiger partial charge >= 0.3 is 0 Å². The normalized spacial score (nSPS) is 23.2. The van der Waals surface area contributed by atoms with Crippen LogP contribution in [0, 0.1) is 0 Å². The van der Waals surface area contributed by atoms with Crippen LogP contribution in [0.3, 0.4) is 0 Å². The lowest BCUT2D eigenvalue weighted by molar-refractivity contribution is 0.566. The van der Waals surface area contributed by atoms with Crippen LogP contribution in [-0.4, -0.2) is 21.9 Å². The highest BCUT2D eigenvalue weighted by Crippen LogP contribution is 2.26. The minimum atomic E-state index is -0.0962. The summed E-state index contributed by atoms with van der Waals surface area (Å²) in [5.41, 5.74) is 6.33. The summed E-state index contributed by atoms with van der Waals surface area (Å²) in [5.74, 6) is 0. The van der Waals surface area contributed by atoms with Gasteiger partial charge in [-0.1, -0.05) is 6.92 Å². The number of hydrogen-bond acceptors (Lipinski definition) is 4. The van der Waals surface area contributed by atoms with Crippen molar-refractivity contribution in [2.75, 3.05) is 5.32 Å². The van der Waals surface area contributed by atoms with Gasteiger partial charge in [-0.15, -0.1) is 0 Å². The van der Waals surface area contributed by atoms with Crippen molar-refractivity contribution in [3.05, 3.63) is 21.0 Å². The van der Waals surface area contributed by atoms with E-state index in [-0.39, 0.29) is 17.6 Å². The first-order chi connectivity index (χ1) is 7.63. The van der Waals surface area contributed by atoms with Crippen LogP contribution in [0.15, 0.2) is 15.5 Å². The molecule has 1 aliphatic rings. The maximum atomic E-state index is 11.8. The Labute approximate surface area is 102 Å². The second-order valence-corrected chi connectivity index (χ2v) is 4.84. The molecule has 0 amide bonds. The smallest absolute Gasteiger partial charge is 0.283 e. The van der Waals surface area contributed by atoms with E-state index in [1.54, 1.807) is 6.20 Å². The summed E-state index contributed by atoms with van der Waals surface area (Å²) in [6.45, 7) is 2.65. The minimum Gasteiger partial charge on any atom is -0.378 e. The molecule has 5 nitrogen and oxygen atoms in total. The van der Waals surface area contributed by atoms with Crippen molar-refractivity contribution < 1.29 is 0 Å². The Morgan fingerprint density at radius 2 is 2.44 bits per heavy atom. The quantitative estimate of drug-likeness (QED) is 0.864. The second kappa shape index (κ2) is 4.55. The molecule has 1 aliphatic carbocycles. The molecule has 1 aromatic heterocycles. The van der Waals surface area contributed by atoms with Crippen LogP contribution in [0.2, 0.25) is 0 Å².